The second-order valence-electron chi connectivity index (χ2n) is 5.69. The monoisotopic (exact) mass is 412 g/mol. The van der Waals surface area contributed by atoms with Gasteiger partial charge in [-0.05, 0) is 23.9 Å². The van der Waals surface area contributed by atoms with Crippen LogP contribution in [0.4, 0.5) is 14.5 Å². The molecule has 0 saturated heterocycles. The maximum absolute atomic E-state index is 14.5. The summed E-state index contributed by atoms with van der Waals surface area (Å²) >= 11 is 0.942. The van der Waals surface area contributed by atoms with Crippen LogP contribution in [0.25, 0.3) is 17.1 Å². The molecule has 0 fully saturated rings. The molecule has 4 rings (SSSR count). The van der Waals surface area contributed by atoms with Crippen LogP contribution in [-0.4, -0.2) is 29.7 Å². The lowest BCUT2D eigenvalue weighted by molar-refractivity contribution is -0.385. The first-order chi connectivity index (χ1) is 14.0. The minimum atomic E-state index is -0.798. The van der Waals surface area contributed by atoms with Crippen molar-refractivity contribution in [2.45, 2.75) is 10.3 Å². The average Bonchev–Trinajstić information content (AvgIpc) is 3.12. The summed E-state index contributed by atoms with van der Waals surface area (Å²) in [5.74, 6) is -1.18. The third-order valence-electron chi connectivity index (χ3n) is 3.82. The summed E-state index contributed by atoms with van der Waals surface area (Å²) in [7, 11) is 0. The first kappa shape index (κ1) is 18.6. The molecule has 0 radical (unpaired) electrons. The van der Waals surface area contributed by atoms with Crippen LogP contribution in [0.5, 0.6) is 0 Å². The molecule has 0 unspecified atom stereocenters. The number of hydrogen-bond acceptors (Lipinski definition) is 7. The predicted molar refractivity (Wildman–Crippen MR) is 99.5 cm³/mol. The summed E-state index contributed by atoms with van der Waals surface area (Å²) in [6, 6.07) is 12.1. The number of aromatic nitrogens is 5. The summed E-state index contributed by atoms with van der Waals surface area (Å²) in [5.41, 5.74) is 0.449. The number of nitro groups is 1. The fourth-order valence-electron chi connectivity index (χ4n) is 2.53. The van der Waals surface area contributed by atoms with E-state index in [0.717, 1.165) is 36.3 Å². The highest BCUT2D eigenvalue weighted by atomic mass is 32.2. The van der Waals surface area contributed by atoms with E-state index in [1.54, 1.807) is 24.3 Å². The number of rotatable bonds is 5. The van der Waals surface area contributed by atoms with E-state index in [2.05, 4.69) is 20.2 Å². The predicted octanol–water partition coefficient (Wildman–Crippen LogP) is 4.06. The Hall–Kier alpha value is -3.73. The van der Waals surface area contributed by atoms with E-state index >= 15 is 0 Å². The zero-order valence-electron chi connectivity index (χ0n) is 14.4. The first-order valence-electron chi connectivity index (χ1n) is 8.13. The Morgan fingerprint density at radius 1 is 1.00 bits per heavy atom. The summed E-state index contributed by atoms with van der Waals surface area (Å²) in [4.78, 5) is 18.0. The molecule has 2 aromatic carbocycles. The van der Waals surface area contributed by atoms with E-state index in [4.69, 9.17) is 0 Å². The highest BCUT2D eigenvalue weighted by Gasteiger charge is 2.20. The molecule has 0 atom stereocenters. The van der Waals surface area contributed by atoms with E-state index in [1.807, 2.05) is 6.07 Å². The van der Waals surface area contributed by atoms with Crippen LogP contribution < -0.4 is 0 Å². The van der Waals surface area contributed by atoms with Crippen molar-refractivity contribution in [1.29, 1.82) is 0 Å². The normalized spacial score (nSPS) is 10.8. The van der Waals surface area contributed by atoms with E-state index in [0.29, 0.717) is 11.4 Å². The van der Waals surface area contributed by atoms with Crippen molar-refractivity contribution in [2.75, 3.05) is 0 Å². The molecule has 144 valence electrons. The van der Waals surface area contributed by atoms with Crippen molar-refractivity contribution in [2.24, 2.45) is 0 Å². The van der Waals surface area contributed by atoms with Gasteiger partial charge in [-0.25, -0.2) is 18.7 Å². The molecular formula is C18H10F2N6O2S. The molecule has 0 aliphatic heterocycles. The molecule has 8 nitrogen and oxygen atoms in total. The van der Waals surface area contributed by atoms with Gasteiger partial charge < -0.3 is 0 Å². The van der Waals surface area contributed by atoms with Crippen molar-refractivity contribution < 1.29 is 13.7 Å². The second-order valence-corrected chi connectivity index (χ2v) is 6.62. The summed E-state index contributed by atoms with van der Waals surface area (Å²) in [6.07, 6.45) is 2.12. The third-order valence-corrected chi connectivity index (χ3v) is 4.66. The number of nitrogens with zero attached hydrogens (tertiary/aromatic N) is 6. The Morgan fingerprint density at radius 2 is 1.72 bits per heavy atom. The lowest BCUT2D eigenvalue weighted by atomic mass is 10.2. The largest absolute Gasteiger partial charge is 0.305 e. The summed E-state index contributed by atoms with van der Waals surface area (Å²) in [6.45, 7) is 0. The Kier molecular flexibility index (Phi) is 4.96. The summed E-state index contributed by atoms with van der Waals surface area (Å²) in [5, 5.41) is 19.3. The van der Waals surface area contributed by atoms with E-state index in [9.17, 15) is 18.9 Å². The molecule has 11 heteroatoms. The van der Waals surface area contributed by atoms with Gasteiger partial charge in [-0.2, -0.15) is 0 Å². The van der Waals surface area contributed by atoms with Gasteiger partial charge in [-0.15, -0.1) is 10.2 Å². The zero-order valence-corrected chi connectivity index (χ0v) is 15.3. The lowest BCUT2D eigenvalue weighted by Crippen LogP contribution is -2.03. The zero-order chi connectivity index (χ0) is 20.4. The van der Waals surface area contributed by atoms with E-state index in [1.165, 1.54) is 10.6 Å². The van der Waals surface area contributed by atoms with Crippen LogP contribution in [0, 0.1) is 21.7 Å². The van der Waals surface area contributed by atoms with Crippen molar-refractivity contribution >= 4 is 17.4 Å². The van der Waals surface area contributed by atoms with E-state index < -0.39 is 16.6 Å². The molecule has 4 aromatic rings. The Balaban J connectivity index is 1.82. The average molecular weight is 412 g/mol. The second kappa shape index (κ2) is 7.72. The van der Waals surface area contributed by atoms with Crippen molar-refractivity contribution in [3.63, 3.8) is 0 Å². The maximum Gasteiger partial charge on any atom is 0.305 e. The molecule has 2 aromatic heterocycles. The van der Waals surface area contributed by atoms with Crippen LogP contribution in [0.3, 0.4) is 0 Å². The molecular weight excluding hydrogens is 402 g/mol. The van der Waals surface area contributed by atoms with Gasteiger partial charge in [0.1, 0.15) is 24.0 Å². The van der Waals surface area contributed by atoms with Crippen molar-refractivity contribution in [3.05, 3.63) is 82.7 Å². The Bertz CT molecular complexity index is 1180. The third kappa shape index (κ3) is 3.80. The van der Waals surface area contributed by atoms with Crippen LogP contribution >= 0.6 is 11.8 Å². The first-order valence-corrected chi connectivity index (χ1v) is 8.95. The van der Waals surface area contributed by atoms with Crippen LogP contribution in [-0.2, 0) is 0 Å². The lowest BCUT2D eigenvalue weighted by Gasteiger charge is -2.11. The smallest absolute Gasteiger partial charge is 0.267 e. The molecule has 0 N–H and O–H groups in total. The number of benzene rings is 2. The molecule has 29 heavy (non-hydrogen) atoms. The van der Waals surface area contributed by atoms with Gasteiger partial charge in [0.15, 0.2) is 11.0 Å². The summed E-state index contributed by atoms with van der Waals surface area (Å²) < 4.78 is 29.4. The van der Waals surface area contributed by atoms with Gasteiger partial charge >= 0.3 is 5.69 Å². The molecule has 0 aliphatic carbocycles. The van der Waals surface area contributed by atoms with Gasteiger partial charge in [0.25, 0.3) is 0 Å². The molecule has 0 aliphatic rings. The number of hydrogen-bond donors (Lipinski definition) is 0. The van der Waals surface area contributed by atoms with Gasteiger partial charge in [0.05, 0.1) is 10.6 Å². The fraction of sp³-hybridized carbons (Fsp3) is 0. The van der Waals surface area contributed by atoms with Crippen LogP contribution in [0.15, 0.2) is 71.2 Å². The SMILES string of the molecule is O=[N+]([O-])c1cnc(Sc2nnc(-c3ccccc3)n2-c2ccc(F)cc2F)nc1. The fourth-order valence-corrected chi connectivity index (χ4v) is 3.26. The Labute approximate surface area is 166 Å². The van der Waals surface area contributed by atoms with E-state index in [-0.39, 0.29) is 21.7 Å². The highest BCUT2D eigenvalue weighted by molar-refractivity contribution is 7.99. The van der Waals surface area contributed by atoms with Gasteiger partial charge in [0.2, 0.25) is 5.16 Å². The van der Waals surface area contributed by atoms with Crippen molar-refractivity contribution in [1.82, 2.24) is 24.7 Å². The molecule has 0 spiro atoms. The minimum absolute atomic E-state index is 0.0414. The quantitative estimate of drug-likeness (QED) is 0.277. The van der Waals surface area contributed by atoms with Crippen LogP contribution in [0.1, 0.15) is 0 Å². The molecule has 2 heterocycles. The maximum atomic E-state index is 14.5. The molecule has 0 amide bonds. The topological polar surface area (TPSA) is 99.6 Å². The van der Waals surface area contributed by atoms with Gasteiger partial charge in [-0.3, -0.25) is 14.7 Å². The van der Waals surface area contributed by atoms with Crippen molar-refractivity contribution in [3.8, 4) is 17.1 Å². The molecule has 0 bridgehead atoms. The van der Waals surface area contributed by atoms with Crippen LogP contribution in [0.2, 0.25) is 0 Å². The van der Waals surface area contributed by atoms with Gasteiger partial charge in [0, 0.05) is 11.6 Å². The van der Waals surface area contributed by atoms with Gasteiger partial charge in [-0.1, -0.05) is 30.3 Å². The standard InChI is InChI=1S/C18H10F2N6O2S/c19-12-6-7-15(14(20)8-12)25-16(11-4-2-1-3-5-11)23-24-18(25)29-17-21-9-13(10-22-17)26(27)28/h1-10H. The number of halogens is 2. The molecule has 0 saturated carbocycles. The minimum Gasteiger partial charge on any atom is -0.267 e. The highest BCUT2D eigenvalue weighted by Crippen LogP contribution is 2.32. The Morgan fingerprint density at radius 3 is 2.38 bits per heavy atom.